The number of ether oxygens (including phenoxy) is 1. The van der Waals surface area contributed by atoms with Crippen LogP contribution in [0.25, 0.3) is 0 Å². The topological polar surface area (TPSA) is 77.0 Å². The van der Waals surface area contributed by atoms with E-state index in [1.807, 2.05) is 6.92 Å². The molecule has 0 aliphatic carbocycles. The van der Waals surface area contributed by atoms with Crippen LogP contribution >= 0.6 is 0 Å². The number of carbonyl (C=O) groups is 1. The molecule has 0 saturated heterocycles. The van der Waals surface area contributed by atoms with Gasteiger partial charge in [0.25, 0.3) is 0 Å². The third kappa shape index (κ3) is 3.83. The van der Waals surface area contributed by atoms with Crippen LogP contribution in [0.4, 0.5) is 0 Å². The standard InChI is InChI=1S/C14H16N4O2/c1-10-5-17-13(9-16-10)8-15-7-12-4-3-11(6-18-12)14(19)20-2/h3-6,9,15H,7-8H2,1-2H3. The van der Waals surface area contributed by atoms with Gasteiger partial charge >= 0.3 is 5.97 Å². The molecule has 0 aliphatic rings. The maximum Gasteiger partial charge on any atom is 0.339 e. The largest absolute Gasteiger partial charge is 0.465 e. The molecule has 6 heteroatoms. The van der Waals surface area contributed by atoms with Crippen molar-refractivity contribution in [3.05, 3.63) is 53.4 Å². The molecule has 0 aromatic carbocycles. The van der Waals surface area contributed by atoms with Gasteiger partial charge in [-0.3, -0.25) is 15.0 Å². The third-order valence-corrected chi connectivity index (χ3v) is 2.69. The van der Waals surface area contributed by atoms with Crippen molar-refractivity contribution >= 4 is 5.97 Å². The van der Waals surface area contributed by atoms with Crippen molar-refractivity contribution in [2.45, 2.75) is 20.0 Å². The predicted octanol–water partition coefficient (Wildman–Crippen LogP) is 1.26. The van der Waals surface area contributed by atoms with Crippen LogP contribution in [0.1, 0.15) is 27.4 Å². The fourth-order valence-corrected chi connectivity index (χ4v) is 1.60. The van der Waals surface area contributed by atoms with Crippen molar-refractivity contribution in [2.75, 3.05) is 7.11 Å². The van der Waals surface area contributed by atoms with E-state index < -0.39 is 0 Å². The Hall–Kier alpha value is -2.34. The highest BCUT2D eigenvalue weighted by Gasteiger charge is 2.05. The van der Waals surface area contributed by atoms with Gasteiger partial charge in [0.2, 0.25) is 0 Å². The number of nitrogens with zero attached hydrogens (tertiary/aromatic N) is 3. The molecule has 0 atom stereocenters. The van der Waals surface area contributed by atoms with Gasteiger partial charge < -0.3 is 10.1 Å². The van der Waals surface area contributed by atoms with Crippen LogP contribution in [0.15, 0.2) is 30.7 Å². The molecule has 0 bridgehead atoms. The summed E-state index contributed by atoms with van der Waals surface area (Å²) < 4.78 is 4.61. The van der Waals surface area contributed by atoms with Crippen molar-refractivity contribution in [1.29, 1.82) is 0 Å². The van der Waals surface area contributed by atoms with Crippen molar-refractivity contribution < 1.29 is 9.53 Å². The Morgan fingerprint density at radius 3 is 2.45 bits per heavy atom. The van der Waals surface area contributed by atoms with Crippen LogP contribution in [-0.4, -0.2) is 28.0 Å². The summed E-state index contributed by atoms with van der Waals surface area (Å²) in [6.45, 7) is 3.11. The first kappa shape index (κ1) is 14.1. The van der Waals surface area contributed by atoms with Crippen LogP contribution in [0.2, 0.25) is 0 Å². The molecule has 2 aromatic heterocycles. The summed E-state index contributed by atoms with van der Waals surface area (Å²) in [5, 5.41) is 3.22. The molecular weight excluding hydrogens is 256 g/mol. The normalized spacial score (nSPS) is 10.3. The van der Waals surface area contributed by atoms with Crippen molar-refractivity contribution in [3.8, 4) is 0 Å². The molecule has 20 heavy (non-hydrogen) atoms. The first-order chi connectivity index (χ1) is 9.69. The molecule has 2 heterocycles. The molecule has 1 N–H and O–H groups in total. The van der Waals surface area contributed by atoms with Gasteiger partial charge in [-0.25, -0.2) is 4.79 Å². The lowest BCUT2D eigenvalue weighted by atomic mass is 10.2. The Bertz CT molecular complexity index is 567. The summed E-state index contributed by atoms with van der Waals surface area (Å²) in [5.41, 5.74) is 3.06. The lowest BCUT2D eigenvalue weighted by Gasteiger charge is -2.05. The molecule has 2 aromatic rings. The Kier molecular flexibility index (Phi) is 4.73. The smallest absolute Gasteiger partial charge is 0.339 e. The zero-order valence-electron chi connectivity index (χ0n) is 11.5. The van der Waals surface area contributed by atoms with Gasteiger partial charge in [-0.05, 0) is 19.1 Å². The summed E-state index contributed by atoms with van der Waals surface area (Å²) in [4.78, 5) is 23.9. The number of aromatic nitrogens is 3. The van der Waals surface area contributed by atoms with Crippen LogP contribution in [-0.2, 0) is 17.8 Å². The maximum atomic E-state index is 11.3. The molecular formula is C14H16N4O2. The monoisotopic (exact) mass is 272 g/mol. The number of hydrogen-bond acceptors (Lipinski definition) is 6. The molecule has 2 rings (SSSR count). The van der Waals surface area contributed by atoms with Crippen molar-refractivity contribution in [1.82, 2.24) is 20.3 Å². The summed E-state index contributed by atoms with van der Waals surface area (Å²) >= 11 is 0. The molecule has 104 valence electrons. The molecule has 0 saturated carbocycles. The summed E-state index contributed by atoms with van der Waals surface area (Å²) in [7, 11) is 1.35. The third-order valence-electron chi connectivity index (χ3n) is 2.69. The van der Waals surface area contributed by atoms with E-state index in [0.29, 0.717) is 18.7 Å². The van der Waals surface area contributed by atoms with Crippen LogP contribution in [0, 0.1) is 6.92 Å². The van der Waals surface area contributed by atoms with Gasteiger partial charge in [-0.1, -0.05) is 0 Å². The second-order valence-corrected chi connectivity index (χ2v) is 4.28. The number of hydrogen-bond donors (Lipinski definition) is 1. The van der Waals surface area contributed by atoms with E-state index in [9.17, 15) is 4.79 Å². The number of rotatable bonds is 5. The van der Waals surface area contributed by atoms with E-state index in [2.05, 4.69) is 25.0 Å². The Labute approximate surface area is 117 Å². The highest BCUT2D eigenvalue weighted by atomic mass is 16.5. The maximum absolute atomic E-state index is 11.3. The minimum absolute atomic E-state index is 0.382. The fraction of sp³-hybridized carbons (Fsp3) is 0.286. The van der Waals surface area contributed by atoms with Gasteiger partial charge in [0.15, 0.2) is 0 Å². The summed E-state index contributed by atoms with van der Waals surface area (Å²) in [6.07, 6.45) is 4.99. The van der Waals surface area contributed by atoms with Crippen molar-refractivity contribution in [3.63, 3.8) is 0 Å². The average Bonchev–Trinajstić information content (AvgIpc) is 2.49. The van der Waals surface area contributed by atoms with Crippen LogP contribution in [0.5, 0.6) is 0 Å². The number of nitrogens with one attached hydrogen (secondary N) is 1. The van der Waals surface area contributed by atoms with E-state index in [0.717, 1.165) is 17.1 Å². The van der Waals surface area contributed by atoms with E-state index in [1.165, 1.54) is 13.3 Å². The van der Waals surface area contributed by atoms with Crippen LogP contribution in [0.3, 0.4) is 0 Å². The number of esters is 1. The van der Waals surface area contributed by atoms with E-state index in [1.54, 1.807) is 24.5 Å². The minimum atomic E-state index is -0.382. The molecule has 0 radical (unpaired) electrons. The lowest BCUT2D eigenvalue weighted by Crippen LogP contribution is -2.15. The highest BCUT2D eigenvalue weighted by Crippen LogP contribution is 2.02. The minimum Gasteiger partial charge on any atom is -0.465 e. The lowest BCUT2D eigenvalue weighted by molar-refractivity contribution is 0.0600. The van der Waals surface area contributed by atoms with E-state index in [4.69, 9.17) is 0 Å². The van der Waals surface area contributed by atoms with E-state index in [-0.39, 0.29) is 5.97 Å². The quantitative estimate of drug-likeness (QED) is 0.826. The van der Waals surface area contributed by atoms with Crippen LogP contribution < -0.4 is 5.32 Å². The molecule has 6 nitrogen and oxygen atoms in total. The molecule has 0 unspecified atom stereocenters. The predicted molar refractivity (Wildman–Crippen MR) is 72.9 cm³/mol. The molecule has 0 spiro atoms. The molecule has 0 aliphatic heterocycles. The summed E-state index contributed by atoms with van der Waals surface area (Å²) in [6, 6.07) is 3.49. The number of methoxy groups -OCH3 is 1. The molecule has 0 amide bonds. The van der Waals surface area contributed by atoms with Gasteiger partial charge in [-0.15, -0.1) is 0 Å². The summed E-state index contributed by atoms with van der Waals surface area (Å²) in [5.74, 6) is -0.382. The Morgan fingerprint density at radius 1 is 1.10 bits per heavy atom. The van der Waals surface area contributed by atoms with Crippen molar-refractivity contribution in [2.24, 2.45) is 0 Å². The van der Waals surface area contributed by atoms with Gasteiger partial charge in [0.1, 0.15) is 0 Å². The zero-order valence-corrected chi connectivity index (χ0v) is 11.5. The number of pyridine rings is 1. The number of aryl methyl sites for hydroxylation is 1. The Balaban J connectivity index is 1.85. The first-order valence-corrected chi connectivity index (χ1v) is 6.20. The first-order valence-electron chi connectivity index (χ1n) is 6.20. The molecule has 0 fully saturated rings. The number of carbonyl (C=O) groups excluding carboxylic acids is 1. The zero-order chi connectivity index (χ0) is 14.4. The second kappa shape index (κ2) is 6.72. The van der Waals surface area contributed by atoms with Gasteiger partial charge in [0, 0.05) is 31.7 Å². The highest BCUT2D eigenvalue weighted by molar-refractivity contribution is 5.88. The van der Waals surface area contributed by atoms with E-state index >= 15 is 0 Å². The second-order valence-electron chi connectivity index (χ2n) is 4.28. The fourth-order valence-electron chi connectivity index (χ4n) is 1.60. The average molecular weight is 272 g/mol. The SMILES string of the molecule is COC(=O)c1ccc(CNCc2cnc(C)cn2)nc1. The van der Waals surface area contributed by atoms with Gasteiger partial charge in [0.05, 0.1) is 29.8 Å². The van der Waals surface area contributed by atoms with Gasteiger partial charge in [-0.2, -0.15) is 0 Å². The Morgan fingerprint density at radius 2 is 1.85 bits per heavy atom.